The predicted molar refractivity (Wildman–Crippen MR) is 167 cm³/mol. The van der Waals surface area contributed by atoms with E-state index >= 15 is 0 Å². The third kappa shape index (κ3) is 6.32. The number of benzene rings is 1. The average molecular weight is 613 g/mol. The molecular weight excluding hydrogens is 583 g/mol. The minimum absolute atomic E-state index is 0.0616. The van der Waals surface area contributed by atoms with Crippen molar-refractivity contribution >= 4 is 43.5 Å². The molecule has 0 aliphatic rings. The first-order valence-corrected chi connectivity index (χ1v) is 16.2. The van der Waals surface area contributed by atoms with Crippen LogP contribution in [0.25, 0.3) is 56.1 Å². The van der Waals surface area contributed by atoms with Crippen LogP contribution in [0.5, 0.6) is 0 Å². The van der Waals surface area contributed by atoms with E-state index in [-0.39, 0.29) is 18.1 Å². The predicted octanol–water partition coefficient (Wildman–Crippen LogP) is 5.48. The third-order valence-electron chi connectivity index (χ3n) is 7.10. The lowest BCUT2D eigenvalue weighted by atomic mass is 10.0. The molecule has 224 valence electrons. The van der Waals surface area contributed by atoms with E-state index in [9.17, 15) is 17.6 Å². The number of anilines is 1. The fourth-order valence-corrected chi connectivity index (χ4v) is 5.53. The third-order valence-corrected chi connectivity index (χ3v) is 8.05. The number of hydrogen-bond acceptors (Lipinski definition) is 8. The Hall–Kier alpha value is -5.04. The van der Waals surface area contributed by atoms with Crippen LogP contribution >= 0.6 is 0 Å². The number of amides is 1. The molecule has 13 heteroatoms. The van der Waals surface area contributed by atoms with Crippen molar-refractivity contribution in [3.63, 3.8) is 0 Å². The van der Waals surface area contributed by atoms with Gasteiger partial charge in [-0.05, 0) is 60.9 Å². The number of aromatic nitrogens is 7. The lowest BCUT2D eigenvalue weighted by Crippen LogP contribution is -2.11. The second kappa shape index (κ2) is 11.9. The van der Waals surface area contributed by atoms with Gasteiger partial charge >= 0.3 is 0 Å². The van der Waals surface area contributed by atoms with E-state index in [2.05, 4.69) is 30.5 Å². The zero-order chi connectivity index (χ0) is 30.8. The molecule has 1 aromatic carbocycles. The fraction of sp³-hybridized carbons (Fsp3) is 0.226. The molecular formula is C31H29FN8O3S. The number of carbonyl (C=O) groups is 1. The van der Waals surface area contributed by atoms with Crippen molar-refractivity contribution in [2.45, 2.75) is 32.6 Å². The van der Waals surface area contributed by atoms with Gasteiger partial charge in [0.25, 0.3) is 0 Å². The van der Waals surface area contributed by atoms with Crippen LogP contribution in [0.1, 0.15) is 31.7 Å². The standard InChI is InChI=1S/C31H29FN8O3S/c1-3-4-5-26(41)35-22-15-20(16-33-17-22)23-6-7-25-29(36-23)30(40-39-25)31-37-24-8-10-34-27(28(24)38-31)19-12-18(13-21(32)14-19)9-11-44(2,42)43/h6-8,10,12-17H,3-5,9,11H2,1-2H3,(H,35,41)(H,37,38)(H,39,40). The van der Waals surface area contributed by atoms with Crippen molar-refractivity contribution in [1.82, 2.24) is 35.1 Å². The Morgan fingerprint density at radius 2 is 1.82 bits per heavy atom. The van der Waals surface area contributed by atoms with Crippen LogP contribution in [-0.4, -0.2) is 61.5 Å². The molecule has 0 atom stereocenters. The van der Waals surface area contributed by atoms with Gasteiger partial charge in [-0.15, -0.1) is 0 Å². The SMILES string of the molecule is CCCCC(=O)Nc1cncc(-c2ccc3[nH]nc(-c4nc5c(-c6cc(F)cc(CCS(C)(=O)=O)c6)nccc5[nH]4)c3n2)c1. The van der Waals surface area contributed by atoms with E-state index in [0.717, 1.165) is 24.7 Å². The molecule has 0 aliphatic carbocycles. The van der Waals surface area contributed by atoms with Gasteiger partial charge in [-0.25, -0.2) is 22.8 Å². The summed E-state index contributed by atoms with van der Waals surface area (Å²) in [6, 6.07) is 11.7. The summed E-state index contributed by atoms with van der Waals surface area (Å²) >= 11 is 0. The zero-order valence-electron chi connectivity index (χ0n) is 24.1. The summed E-state index contributed by atoms with van der Waals surface area (Å²) in [5.41, 5.74) is 6.34. The number of nitrogens with one attached hydrogen (secondary N) is 3. The Morgan fingerprint density at radius 1 is 0.977 bits per heavy atom. The molecule has 0 fully saturated rings. The van der Waals surface area contributed by atoms with Crippen LogP contribution in [0.15, 0.2) is 61.1 Å². The molecule has 0 bridgehead atoms. The molecule has 3 N–H and O–H groups in total. The van der Waals surface area contributed by atoms with Gasteiger partial charge in [0.05, 0.1) is 40.1 Å². The summed E-state index contributed by atoms with van der Waals surface area (Å²) in [5, 5.41) is 10.4. The maximum atomic E-state index is 14.6. The highest BCUT2D eigenvalue weighted by molar-refractivity contribution is 7.90. The molecule has 0 unspecified atom stereocenters. The number of hydrogen-bond donors (Lipinski definition) is 3. The number of pyridine rings is 3. The van der Waals surface area contributed by atoms with Gasteiger partial charge < -0.3 is 10.3 Å². The lowest BCUT2D eigenvalue weighted by molar-refractivity contribution is -0.116. The quantitative estimate of drug-likeness (QED) is 0.183. The highest BCUT2D eigenvalue weighted by Gasteiger charge is 2.18. The van der Waals surface area contributed by atoms with Crippen molar-refractivity contribution in [3.05, 3.63) is 72.4 Å². The maximum Gasteiger partial charge on any atom is 0.224 e. The second-order valence-corrected chi connectivity index (χ2v) is 12.9. The number of unbranched alkanes of at least 4 members (excludes halogenated alkanes) is 1. The number of fused-ring (bicyclic) bond motifs is 2. The van der Waals surface area contributed by atoms with Crippen LogP contribution in [0.2, 0.25) is 0 Å². The molecule has 5 heterocycles. The largest absolute Gasteiger partial charge is 0.336 e. The maximum absolute atomic E-state index is 14.6. The first-order valence-electron chi connectivity index (χ1n) is 14.1. The normalized spacial score (nSPS) is 11.8. The fourth-order valence-electron chi connectivity index (χ4n) is 4.93. The Balaban J connectivity index is 1.35. The van der Waals surface area contributed by atoms with E-state index in [1.165, 1.54) is 12.1 Å². The number of aromatic amines is 2. The summed E-state index contributed by atoms with van der Waals surface area (Å²) in [6.45, 7) is 2.04. The number of carbonyl (C=O) groups excluding carboxylic acids is 1. The Kier molecular flexibility index (Phi) is 7.87. The summed E-state index contributed by atoms with van der Waals surface area (Å²) in [4.78, 5) is 33.9. The van der Waals surface area contributed by atoms with Gasteiger partial charge in [0.15, 0.2) is 11.5 Å². The Morgan fingerprint density at radius 3 is 2.64 bits per heavy atom. The smallest absolute Gasteiger partial charge is 0.224 e. The van der Waals surface area contributed by atoms with Gasteiger partial charge in [0, 0.05) is 36.2 Å². The molecule has 44 heavy (non-hydrogen) atoms. The highest BCUT2D eigenvalue weighted by Crippen LogP contribution is 2.32. The molecule has 6 aromatic rings. The van der Waals surface area contributed by atoms with E-state index in [4.69, 9.17) is 9.97 Å². The van der Waals surface area contributed by atoms with E-state index < -0.39 is 15.7 Å². The Labute approximate surface area is 252 Å². The zero-order valence-corrected chi connectivity index (χ0v) is 24.9. The average Bonchev–Trinajstić information content (AvgIpc) is 3.62. The summed E-state index contributed by atoms with van der Waals surface area (Å²) in [5.74, 6) is -0.202. The van der Waals surface area contributed by atoms with Crippen molar-refractivity contribution in [3.8, 4) is 34.0 Å². The number of halogens is 1. The molecule has 0 aliphatic heterocycles. The molecule has 0 radical (unpaired) electrons. The van der Waals surface area contributed by atoms with Crippen molar-refractivity contribution in [2.24, 2.45) is 0 Å². The topological polar surface area (TPSA) is 159 Å². The van der Waals surface area contributed by atoms with Crippen LogP contribution < -0.4 is 5.32 Å². The second-order valence-electron chi connectivity index (χ2n) is 10.6. The van der Waals surface area contributed by atoms with Crippen molar-refractivity contribution < 1.29 is 17.6 Å². The first-order chi connectivity index (χ1) is 21.2. The van der Waals surface area contributed by atoms with Crippen LogP contribution in [-0.2, 0) is 21.1 Å². The molecule has 5 aromatic heterocycles. The molecule has 0 saturated carbocycles. The van der Waals surface area contributed by atoms with Crippen molar-refractivity contribution in [1.29, 1.82) is 0 Å². The van der Waals surface area contributed by atoms with Gasteiger partial charge in [-0.3, -0.25) is 19.9 Å². The summed E-state index contributed by atoms with van der Waals surface area (Å²) in [6.07, 6.45) is 8.41. The summed E-state index contributed by atoms with van der Waals surface area (Å²) in [7, 11) is -3.21. The number of sulfone groups is 1. The highest BCUT2D eigenvalue weighted by atomic mass is 32.2. The van der Waals surface area contributed by atoms with Crippen LogP contribution in [0.3, 0.4) is 0 Å². The van der Waals surface area contributed by atoms with Crippen LogP contribution in [0.4, 0.5) is 10.1 Å². The van der Waals surface area contributed by atoms with E-state index in [1.54, 1.807) is 30.7 Å². The lowest BCUT2D eigenvalue weighted by Gasteiger charge is -2.07. The van der Waals surface area contributed by atoms with Gasteiger partial charge in [0.2, 0.25) is 5.91 Å². The summed E-state index contributed by atoms with van der Waals surface area (Å²) < 4.78 is 37.9. The molecule has 6 rings (SSSR count). The van der Waals surface area contributed by atoms with Gasteiger partial charge in [-0.2, -0.15) is 5.10 Å². The number of H-pyrrole nitrogens is 2. The van der Waals surface area contributed by atoms with E-state index in [0.29, 0.717) is 68.2 Å². The molecule has 1 amide bonds. The van der Waals surface area contributed by atoms with Crippen molar-refractivity contribution in [2.75, 3.05) is 17.3 Å². The number of imidazole rings is 1. The number of nitrogens with zero attached hydrogens (tertiary/aromatic N) is 5. The molecule has 11 nitrogen and oxygen atoms in total. The molecule has 0 saturated heterocycles. The monoisotopic (exact) mass is 612 g/mol. The molecule has 0 spiro atoms. The number of aryl methyl sites for hydroxylation is 1. The van der Waals surface area contributed by atoms with Gasteiger partial charge in [0.1, 0.15) is 26.7 Å². The van der Waals surface area contributed by atoms with Crippen LogP contribution in [0, 0.1) is 5.82 Å². The Bertz CT molecular complexity index is 2120. The van der Waals surface area contributed by atoms with Gasteiger partial charge in [-0.1, -0.05) is 13.3 Å². The van der Waals surface area contributed by atoms with E-state index in [1.807, 2.05) is 25.1 Å². The minimum atomic E-state index is -3.21. The first kappa shape index (κ1) is 29.1. The minimum Gasteiger partial charge on any atom is -0.336 e. The number of rotatable bonds is 10.